The molecule has 19 heavy (non-hydrogen) atoms. The summed E-state index contributed by atoms with van der Waals surface area (Å²) in [6.07, 6.45) is -2.25. The Balaban J connectivity index is 1.66. The maximum atomic E-state index is 12.3. The minimum atomic E-state index is -4.43. The Morgan fingerprint density at radius 1 is 1.32 bits per heavy atom. The summed E-state index contributed by atoms with van der Waals surface area (Å²) in [6, 6.07) is 0. The first kappa shape index (κ1) is 14.5. The highest BCUT2D eigenvalue weighted by Crippen LogP contribution is 2.32. The Morgan fingerprint density at radius 3 is 2.68 bits per heavy atom. The molecule has 9 heteroatoms. The molecule has 5 nitrogen and oxygen atoms in total. The molecule has 2 N–H and O–H groups in total. The van der Waals surface area contributed by atoms with E-state index in [1.807, 2.05) is 0 Å². The Morgan fingerprint density at radius 2 is 2.05 bits per heavy atom. The molecule has 0 atom stereocenters. The van der Waals surface area contributed by atoms with E-state index in [1.165, 1.54) is 0 Å². The van der Waals surface area contributed by atoms with E-state index in [4.69, 9.17) is 4.74 Å². The predicted molar refractivity (Wildman–Crippen MR) is 65.2 cm³/mol. The van der Waals surface area contributed by atoms with Gasteiger partial charge in [0.15, 0.2) is 0 Å². The number of nitrogens with one attached hydrogen (secondary N) is 2. The van der Waals surface area contributed by atoms with Gasteiger partial charge in [-0.15, -0.1) is 10.2 Å². The average Bonchev–Trinajstić information content (AvgIpc) is 2.85. The molecule has 1 aliphatic heterocycles. The third kappa shape index (κ3) is 4.59. The number of aromatic nitrogens is 2. The van der Waals surface area contributed by atoms with Gasteiger partial charge in [0.2, 0.25) is 10.1 Å². The van der Waals surface area contributed by atoms with Gasteiger partial charge < -0.3 is 15.4 Å². The summed E-state index contributed by atoms with van der Waals surface area (Å²) in [5.41, 5.74) is 0. The van der Waals surface area contributed by atoms with Crippen LogP contribution in [0.4, 0.5) is 18.3 Å². The van der Waals surface area contributed by atoms with Gasteiger partial charge in [0, 0.05) is 6.54 Å². The highest BCUT2D eigenvalue weighted by Gasteiger charge is 2.35. The van der Waals surface area contributed by atoms with Crippen LogP contribution in [0.3, 0.4) is 0 Å². The monoisotopic (exact) mass is 296 g/mol. The van der Waals surface area contributed by atoms with E-state index in [9.17, 15) is 13.2 Å². The zero-order valence-corrected chi connectivity index (χ0v) is 11.0. The summed E-state index contributed by atoms with van der Waals surface area (Å²) in [4.78, 5) is 0. The lowest BCUT2D eigenvalue weighted by atomic mass is 10.1. The van der Waals surface area contributed by atoms with Crippen LogP contribution in [-0.4, -0.2) is 42.5 Å². The molecule has 0 saturated carbocycles. The molecular formula is C10H15F3N4OS. The zero-order valence-electron chi connectivity index (χ0n) is 10.2. The van der Waals surface area contributed by atoms with Gasteiger partial charge in [-0.25, -0.2) is 0 Å². The van der Waals surface area contributed by atoms with Crippen molar-refractivity contribution in [1.29, 1.82) is 0 Å². The standard InChI is InChI=1S/C10H15F3N4OS/c11-10(12,13)8-16-17-9(19-8)15-5-6-18-7-1-3-14-4-2-7/h7,14H,1-6H2,(H,15,17). The minimum absolute atomic E-state index is 0.168. The van der Waals surface area contributed by atoms with Crippen LogP contribution < -0.4 is 10.6 Å². The van der Waals surface area contributed by atoms with Crippen LogP contribution in [0.1, 0.15) is 17.8 Å². The quantitative estimate of drug-likeness (QED) is 0.811. The molecule has 0 amide bonds. The molecule has 0 spiro atoms. The number of halogens is 3. The maximum Gasteiger partial charge on any atom is 0.445 e. The molecule has 1 saturated heterocycles. The molecule has 0 aromatic carbocycles. The van der Waals surface area contributed by atoms with Gasteiger partial charge in [0.25, 0.3) is 0 Å². The van der Waals surface area contributed by atoms with E-state index in [0.29, 0.717) is 24.5 Å². The van der Waals surface area contributed by atoms with Crippen LogP contribution in [0.15, 0.2) is 0 Å². The molecule has 1 fully saturated rings. The van der Waals surface area contributed by atoms with E-state index in [2.05, 4.69) is 20.8 Å². The van der Waals surface area contributed by atoms with E-state index in [-0.39, 0.29) is 11.2 Å². The number of ether oxygens (including phenoxy) is 1. The summed E-state index contributed by atoms with van der Waals surface area (Å²) in [6.45, 7) is 2.77. The fraction of sp³-hybridized carbons (Fsp3) is 0.800. The van der Waals surface area contributed by atoms with Gasteiger partial charge in [0.1, 0.15) is 0 Å². The lowest BCUT2D eigenvalue weighted by molar-refractivity contribution is -0.138. The number of hydrogen-bond donors (Lipinski definition) is 2. The average molecular weight is 296 g/mol. The number of nitrogens with zero attached hydrogens (tertiary/aromatic N) is 2. The van der Waals surface area contributed by atoms with Crippen molar-refractivity contribution in [3.8, 4) is 0 Å². The van der Waals surface area contributed by atoms with Gasteiger partial charge in [-0.05, 0) is 25.9 Å². The summed E-state index contributed by atoms with van der Waals surface area (Å²) >= 11 is 0.502. The first-order valence-corrected chi connectivity index (χ1v) is 6.84. The number of piperidine rings is 1. The van der Waals surface area contributed by atoms with Crippen molar-refractivity contribution in [2.75, 3.05) is 31.6 Å². The van der Waals surface area contributed by atoms with Crippen molar-refractivity contribution in [3.63, 3.8) is 0 Å². The van der Waals surface area contributed by atoms with Gasteiger partial charge in [-0.2, -0.15) is 13.2 Å². The predicted octanol–water partition coefficient (Wildman–Crippen LogP) is 1.74. The lowest BCUT2D eigenvalue weighted by Crippen LogP contribution is -2.33. The molecule has 1 aromatic heterocycles. The normalized spacial score (nSPS) is 17.6. The van der Waals surface area contributed by atoms with Crippen molar-refractivity contribution >= 4 is 16.5 Å². The highest BCUT2D eigenvalue weighted by molar-refractivity contribution is 7.15. The first-order valence-electron chi connectivity index (χ1n) is 6.02. The molecule has 0 radical (unpaired) electrons. The van der Waals surface area contributed by atoms with Crippen LogP contribution in [0.5, 0.6) is 0 Å². The maximum absolute atomic E-state index is 12.3. The number of alkyl halides is 3. The Labute approximate surface area is 112 Å². The van der Waals surface area contributed by atoms with E-state index < -0.39 is 11.2 Å². The third-order valence-corrected chi connectivity index (χ3v) is 3.61. The Hall–Kier alpha value is -0.930. The van der Waals surface area contributed by atoms with E-state index in [1.54, 1.807) is 0 Å². The Kier molecular flexibility index (Phi) is 4.94. The third-order valence-electron chi connectivity index (χ3n) is 2.69. The minimum Gasteiger partial charge on any atom is -0.376 e. The van der Waals surface area contributed by atoms with Crippen LogP contribution >= 0.6 is 11.3 Å². The number of hydrogen-bond acceptors (Lipinski definition) is 6. The molecule has 1 aromatic rings. The molecule has 108 valence electrons. The van der Waals surface area contributed by atoms with Gasteiger partial charge >= 0.3 is 6.18 Å². The van der Waals surface area contributed by atoms with Gasteiger partial charge in [-0.3, -0.25) is 0 Å². The van der Waals surface area contributed by atoms with Crippen LogP contribution in [0.25, 0.3) is 0 Å². The lowest BCUT2D eigenvalue weighted by Gasteiger charge is -2.22. The van der Waals surface area contributed by atoms with Crippen molar-refractivity contribution < 1.29 is 17.9 Å². The Bertz CT molecular complexity index is 392. The summed E-state index contributed by atoms with van der Waals surface area (Å²) in [5.74, 6) is 0. The highest BCUT2D eigenvalue weighted by atomic mass is 32.1. The van der Waals surface area contributed by atoms with Crippen LogP contribution in [0, 0.1) is 0 Å². The van der Waals surface area contributed by atoms with E-state index >= 15 is 0 Å². The smallest absolute Gasteiger partial charge is 0.376 e. The molecular weight excluding hydrogens is 281 g/mol. The van der Waals surface area contributed by atoms with Crippen molar-refractivity contribution in [2.45, 2.75) is 25.1 Å². The second-order valence-corrected chi connectivity index (χ2v) is 5.13. The first-order chi connectivity index (χ1) is 9.05. The number of rotatable bonds is 5. The van der Waals surface area contributed by atoms with Gasteiger partial charge in [0.05, 0.1) is 12.7 Å². The van der Waals surface area contributed by atoms with Crippen molar-refractivity contribution in [3.05, 3.63) is 5.01 Å². The fourth-order valence-electron chi connectivity index (χ4n) is 1.75. The fourth-order valence-corrected chi connectivity index (χ4v) is 2.39. The van der Waals surface area contributed by atoms with E-state index in [0.717, 1.165) is 25.9 Å². The second kappa shape index (κ2) is 6.49. The van der Waals surface area contributed by atoms with Crippen LogP contribution in [-0.2, 0) is 10.9 Å². The molecule has 1 aliphatic rings. The van der Waals surface area contributed by atoms with Crippen LogP contribution in [0.2, 0.25) is 0 Å². The zero-order chi connectivity index (χ0) is 13.7. The summed E-state index contributed by atoms with van der Waals surface area (Å²) in [7, 11) is 0. The van der Waals surface area contributed by atoms with Crippen molar-refractivity contribution in [1.82, 2.24) is 15.5 Å². The summed E-state index contributed by atoms with van der Waals surface area (Å²) in [5, 5.41) is 11.8. The van der Waals surface area contributed by atoms with Crippen molar-refractivity contribution in [2.24, 2.45) is 0 Å². The molecule has 0 aliphatic carbocycles. The molecule has 2 rings (SSSR count). The largest absolute Gasteiger partial charge is 0.445 e. The topological polar surface area (TPSA) is 59.1 Å². The summed E-state index contributed by atoms with van der Waals surface area (Å²) < 4.78 is 42.5. The molecule has 0 bridgehead atoms. The molecule has 0 unspecified atom stereocenters. The number of anilines is 1. The molecule has 2 heterocycles. The SMILES string of the molecule is FC(F)(F)c1nnc(NCCOC2CCNCC2)s1. The van der Waals surface area contributed by atoms with Gasteiger partial charge in [-0.1, -0.05) is 11.3 Å². The second-order valence-electron chi connectivity index (χ2n) is 4.16.